The number of hydrogen-bond acceptors (Lipinski definition) is 3. The van der Waals surface area contributed by atoms with Gasteiger partial charge >= 0.3 is 6.18 Å². The van der Waals surface area contributed by atoms with E-state index in [2.05, 4.69) is 16.5 Å². The number of alkyl halides is 3. The smallest absolute Gasteiger partial charge is 0.315 e. The van der Waals surface area contributed by atoms with Crippen LogP contribution < -0.4 is 5.32 Å². The van der Waals surface area contributed by atoms with Gasteiger partial charge in [-0.1, -0.05) is 6.07 Å². The van der Waals surface area contributed by atoms with Crippen molar-refractivity contribution < 1.29 is 13.2 Å². The first-order valence-electron chi connectivity index (χ1n) is 5.88. The molecule has 2 heterocycles. The predicted octanol–water partition coefficient (Wildman–Crippen LogP) is 2.80. The fraction of sp³-hybridized carbons (Fsp3) is 0.417. The maximum atomic E-state index is 12.3. The first-order valence-corrected chi connectivity index (χ1v) is 6.76. The van der Waals surface area contributed by atoms with Gasteiger partial charge in [0.2, 0.25) is 0 Å². The van der Waals surface area contributed by atoms with E-state index in [0.29, 0.717) is 13.1 Å². The molecular formula is C12H14F3N3S. The molecule has 0 fully saturated rings. The van der Waals surface area contributed by atoms with Gasteiger partial charge in [-0.05, 0) is 17.9 Å². The molecule has 0 unspecified atom stereocenters. The first-order chi connectivity index (χ1) is 9.05. The zero-order valence-corrected chi connectivity index (χ0v) is 11.0. The largest absolute Gasteiger partial charge is 0.419 e. The van der Waals surface area contributed by atoms with Crippen LogP contribution in [0, 0.1) is 0 Å². The summed E-state index contributed by atoms with van der Waals surface area (Å²) in [5, 5.41) is 8.90. The van der Waals surface area contributed by atoms with Crippen LogP contribution >= 0.6 is 11.3 Å². The van der Waals surface area contributed by atoms with Gasteiger partial charge in [0.25, 0.3) is 0 Å². The van der Waals surface area contributed by atoms with Gasteiger partial charge in [-0.2, -0.15) is 18.3 Å². The molecule has 0 atom stereocenters. The molecule has 1 N–H and O–H groups in total. The van der Waals surface area contributed by atoms with Crippen molar-refractivity contribution in [3.63, 3.8) is 0 Å². The zero-order chi connectivity index (χ0) is 13.7. The number of hydrogen-bond donors (Lipinski definition) is 1. The number of rotatable bonds is 6. The Balaban J connectivity index is 1.67. The van der Waals surface area contributed by atoms with Crippen molar-refractivity contribution in [1.29, 1.82) is 0 Å². The minimum atomic E-state index is -4.31. The third-order valence-corrected chi connectivity index (χ3v) is 3.54. The van der Waals surface area contributed by atoms with Gasteiger partial charge in [0.05, 0.1) is 18.3 Å². The molecule has 2 aromatic heterocycles. The van der Waals surface area contributed by atoms with Crippen LogP contribution in [0.1, 0.15) is 10.4 Å². The zero-order valence-electron chi connectivity index (χ0n) is 10.2. The molecule has 104 valence electrons. The molecule has 2 rings (SSSR count). The third-order valence-electron chi connectivity index (χ3n) is 2.61. The van der Waals surface area contributed by atoms with Crippen LogP contribution in [0.25, 0.3) is 0 Å². The standard InChI is InChI=1S/C12H14F3N3S/c13-12(14,15)10-8-17-18(9-10)6-5-16-4-3-11-2-1-7-19-11/h1-2,7-9,16H,3-6H2. The number of nitrogens with one attached hydrogen (secondary N) is 1. The SMILES string of the molecule is FC(F)(F)c1cnn(CCNCCc2cccs2)c1. The van der Waals surface area contributed by atoms with Gasteiger partial charge in [-0.15, -0.1) is 11.3 Å². The van der Waals surface area contributed by atoms with Crippen LogP contribution in [0.15, 0.2) is 29.9 Å². The first kappa shape index (κ1) is 14.1. The van der Waals surface area contributed by atoms with Crippen molar-refractivity contribution >= 4 is 11.3 Å². The van der Waals surface area contributed by atoms with E-state index >= 15 is 0 Å². The second-order valence-electron chi connectivity index (χ2n) is 4.07. The Morgan fingerprint density at radius 1 is 1.32 bits per heavy atom. The van der Waals surface area contributed by atoms with E-state index in [-0.39, 0.29) is 0 Å². The van der Waals surface area contributed by atoms with Crippen LogP contribution in [0.3, 0.4) is 0 Å². The highest BCUT2D eigenvalue weighted by atomic mass is 32.1. The summed E-state index contributed by atoms with van der Waals surface area (Å²) >= 11 is 1.70. The van der Waals surface area contributed by atoms with Gasteiger partial charge < -0.3 is 5.32 Å². The Hall–Kier alpha value is -1.34. The van der Waals surface area contributed by atoms with Crippen molar-refractivity contribution in [2.24, 2.45) is 0 Å². The van der Waals surface area contributed by atoms with Crippen molar-refractivity contribution in [3.8, 4) is 0 Å². The Kier molecular flexibility index (Phi) is 4.60. The highest BCUT2D eigenvalue weighted by Gasteiger charge is 2.31. The summed E-state index contributed by atoms with van der Waals surface area (Å²) in [6.07, 6.45) is -1.50. The normalized spacial score (nSPS) is 11.9. The second-order valence-corrected chi connectivity index (χ2v) is 5.10. The summed E-state index contributed by atoms with van der Waals surface area (Å²) in [6, 6.07) is 4.07. The Morgan fingerprint density at radius 3 is 2.79 bits per heavy atom. The molecule has 0 saturated heterocycles. The van der Waals surface area contributed by atoms with Crippen molar-refractivity contribution in [2.75, 3.05) is 13.1 Å². The van der Waals surface area contributed by atoms with Gasteiger partial charge in [0, 0.05) is 24.2 Å². The van der Waals surface area contributed by atoms with Crippen molar-refractivity contribution in [1.82, 2.24) is 15.1 Å². The van der Waals surface area contributed by atoms with Crippen LogP contribution in [0.5, 0.6) is 0 Å². The molecule has 0 aliphatic rings. The average molecular weight is 289 g/mol. The maximum Gasteiger partial charge on any atom is 0.419 e. The molecule has 0 aromatic carbocycles. The van der Waals surface area contributed by atoms with E-state index in [1.54, 1.807) is 11.3 Å². The molecule has 0 saturated carbocycles. The van der Waals surface area contributed by atoms with Crippen molar-refractivity contribution in [2.45, 2.75) is 19.1 Å². The summed E-state index contributed by atoms with van der Waals surface area (Å²) in [7, 11) is 0. The average Bonchev–Trinajstić information content (AvgIpc) is 2.97. The predicted molar refractivity (Wildman–Crippen MR) is 68.1 cm³/mol. The molecule has 0 bridgehead atoms. The summed E-state index contributed by atoms with van der Waals surface area (Å²) < 4.78 is 38.3. The number of aromatic nitrogens is 2. The van der Waals surface area contributed by atoms with E-state index in [1.807, 2.05) is 11.4 Å². The van der Waals surface area contributed by atoms with Gasteiger partial charge in [-0.3, -0.25) is 4.68 Å². The van der Waals surface area contributed by atoms with Gasteiger partial charge in [-0.25, -0.2) is 0 Å². The Morgan fingerprint density at radius 2 is 2.16 bits per heavy atom. The fourth-order valence-electron chi connectivity index (χ4n) is 1.62. The van der Waals surface area contributed by atoms with Gasteiger partial charge in [0.15, 0.2) is 0 Å². The number of nitrogens with zero attached hydrogens (tertiary/aromatic N) is 2. The highest BCUT2D eigenvalue weighted by Crippen LogP contribution is 2.28. The molecule has 0 spiro atoms. The molecule has 0 radical (unpaired) electrons. The van der Waals surface area contributed by atoms with E-state index in [1.165, 1.54) is 9.56 Å². The molecule has 19 heavy (non-hydrogen) atoms. The second kappa shape index (κ2) is 6.21. The van der Waals surface area contributed by atoms with Crippen molar-refractivity contribution in [3.05, 3.63) is 40.3 Å². The molecule has 2 aromatic rings. The summed E-state index contributed by atoms with van der Waals surface area (Å²) in [4.78, 5) is 1.30. The Bertz CT molecular complexity index is 491. The van der Waals surface area contributed by atoms with Gasteiger partial charge in [0.1, 0.15) is 0 Å². The lowest BCUT2D eigenvalue weighted by atomic mass is 10.3. The molecule has 0 aliphatic heterocycles. The van der Waals surface area contributed by atoms with Crippen LogP contribution in [0.4, 0.5) is 13.2 Å². The molecule has 3 nitrogen and oxygen atoms in total. The van der Waals surface area contributed by atoms with E-state index in [4.69, 9.17) is 0 Å². The number of thiophene rings is 1. The molecule has 0 aliphatic carbocycles. The minimum Gasteiger partial charge on any atom is -0.315 e. The summed E-state index contributed by atoms with van der Waals surface area (Å²) in [5.74, 6) is 0. The monoisotopic (exact) mass is 289 g/mol. The lowest BCUT2D eigenvalue weighted by Crippen LogP contribution is -2.22. The third kappa shape index (κ3) is 4.36. The number of halogens is 3. The fourth-order valence-corrected chi connectivity index (χ4v) is 2.33. The Labute approximate surface area is 113 Å². The van der Waals surface area contributed by atoms with E-state index in [0.717, 1.165) is 25.4 Å². The molecule has 7 heteroatoms. The van der Waals surface area contributed by atoms with E-state index < -0.39 is 11.7 Å². The molecule has 0 amide bonds. The van der Waals surface area contributed by atoms with Crippen LogP contribution in [-0.2, 0) is 19.1 Å². The van der Waals surface area contributed by atoms with E-state index in [9.17, 15) is 13.2 Å². The lowest BCUT2D eigenvalue weighted by molar-refractivity contribution is -0.137. The maximum absolute atomic E-state index is 12.3. The topological polar surface area (TPSA) is 29.9 Å². The minimum absolute atomic E-state index is 0.431. The summed E-state index contributed by atoms with van der Waals surface area (Å²) in [6.45, 7) is 1.85. The highest BCUT2D eigenvalue weighted by molar-refractivity contribution is 7.09. The quantitative estimate of drug-likeness (QED) is 0.829. The summed E-state index contributed by atoms with van der Waals surface area (Å²) in [5.41, 5.74) is -0.703. The lowest BCUT2D eigenvalue weighted by Gasteiger charge is -2.04. The van der Waals surface area contributed by atoms with Crippen LogP contribution in [-0.4, -0.2) is 22.9 Å². The molecular weight excluding hydrogens is 275 g/mol. The van der Waals surface area contributed by atoms with Crippen LogP contribution in [0.2, 0.25) is 0 Å².